The first kappa shape index (κ1) is 6.71. The van der Waals surface area contributed by atoms with Crippen LogP contribution in [0, 0.1) is 0 Å². The van der Waals surface area contributed by atoms with E-state index >= 15 is 0 Å². The van der Waals surface area contributed by atoms with Crippen molar-refractivity contribution >= 4 is 5.91 Å². The lowest BCUT2D eigenvalue weighted by Crippen LogP contribution is -2.23. The molecular formula is C10H8N2O. The Balaban J connectivity index is 2.21. The van der Waals surface area contributed by atoms with E-state index in [1.54, 1.807) is 17.3 Å². The molecule has 0 saturated carbocycles. The highest BCUT2D eigenvalue weighted by Gasteiger charge is 2.36. The van der Waals surface area contributed by atoms with Gasteiger partial charge in [0.1, 0.15) is 6.17 Å². The molecular weight excluding hydrogens is 164 g/mol. The van der Waals surface area contributed by atoms with Crippen molar-refractivity contribution in [2.24, 2.45) is 0 Å². The van der Waals surface area contributed by atoms with E-state index in [2.05, 4.69) is 5.32 Å². The van der Waals surface area contributed by atoms with Crippen molar-refractivity contribution in [2.45, 2.75) is 6.17 Å². The van der Waals surface area contributed by atoms with E-state index in [1.807, 2.05) is 24.3 Å². The molecule has 2 aliphatic heterocycles. The fraction of sp³-hybridized carbons (Fsp3) is 0.100. The van der Waals surface area contributed by atoms with Gasteiger partial charge in [-0.2, -0.15) is 0 Å². The van der Waals surface area contributed by atoms with Crippen LogP contribution in [0.25, 0.3) is 0 Å². The van der Waals surface area contributed by atoms with Gasteiger partial charge in [-0.1, -0.05) is 18.2 Å². The molecule has 0 bridgehead atoms. The molecule has 3 rings (SSSR count). The number of benzene rings is 1. The predicted molar refractivity (Wildman–Crippen MR) is 47.6 cm³/mol. The molecule has 1 N–H and O–H groups in total. The number of fused-ring (bicyclic) bond motifs is 3. The van der Waals surface area contributed by atoms with E-state index in [0.717, 1.165) is 11.1 Å². The first-order chi connectivity index (χ1) is 6.38. The summed E-state index contributed by atoms with van der Waals surface area (Å²) >= 11 is 0. The van der Waals surface area contributed by atoms with Gasteiger partial charge in [0.15, 0.2) is 0 Å². The molecule has 0 radical (unpaired) electrons. The predicted octanol–water partition coefficient (Wildman–Crippen LogP) is 1.22. The summed E-state index contributed by atoms with van der Waals surface area (Å²) in [5.74, 6) is 0.0850. The van der Waals surface area contributed by atoms with Crippen LogP contribution in [0.2, 0.25) is 0 Å². The van der Waals surface area contributed by atoms with Crippen LogP contribution >= 0.6 is 0 Å². The largest absolute Gasteiger partial charge is 0.366 e. The van der Waals surface area contributed by atoms with Crippen LogP contribution in [0.1, 0.15) is 22.1 Å². The smallest absolute Gasteiger partial charge is 0.260 e. The lowest BCUT2D eigenvalue weighted by atomic mass is 10.1. The maximum absolute atomic E-state index is 11.7. The number of rotatable bonds is 0. The van der Waals surface area contributed by atoms with E-state index in [1.165, 1.54) is 0 Å². The Morgan fingerprint density at radius 3 is 3.08 bits per heavy atom. The normalized spacial score (nSPS) is 22.9. The molecule has 3 nitrogen and oxygen atoms in total. The number of hydrogen-bond acceptors (Lipinski definition) is 2. The Morgan fingerprint density at radius 1 is 1.31 bits per heavy atom. The molecule has 1 amide bonds. The molecule has 2 heterocycles. The molecule has 0 aliphatic carbocycles. The number of amides is 1. The van der Waals surface area contributed by atoms with Gasteiger partial charge in [0, 0.05) is 23.5 Å². The van der Waals surface area contributed by atoms with Gasteiger partial charge in [0.25, 0.3) is 5.91 Å². The van der Waals surface area contributed by atoms with Crippen LogP contribution in [-0.2, 0) is 0 Å². The summed E-state index contributed by atoms with van der Waals surface area (Å²) in [4.78, 5) is 13.4. The molecule has 1 aromatic rings. The standard InChI is InChI=1S/C10H8N2O/c13-10-8-4-2-1-3-7(8)9-11-5-6-12(9)10/h1-6,9,11H. The highest BCUT2D eigenvalue weighted by Crippen LogP contribution is 2.33. The summed E-state index contributed by atoms with van der Waals surface area (Å²) in [7, 11) is 0. The molecule has 0 spiro atoms. The maximum atomic E-state index is 11.7. The topological polar surface area (TPSA) is 32.3 Å². The van der Waals surface area contributed by atoms with Crippen LogP contribution < -0.4 is 5.32 Å². The summed E-state index contributed by atoms with van der Waals surface area (Å²) in [5, 5.41) is 3.13. The van der Waals surface area contributed by atoms with Crippen molar-refractivity contribution in [3.63, 3.8) is 0 Å². The van der Waals surface area contributed by atoms with Gasteiger partial charge < -0.3 is 5.32 Å². The minimum Gasteiger partial charge on any atom is -0.366 e. The number of nitrogens with zero attached hydrogens (tertiary/aromatic N) is 1. The first-order valence-corrected chi connectivity index (χ1v) is 4.22. The Morgan fingerprint density at radius 2 is 2.15 bits per heavy atom. The third-order valence-corrected chi connectivity index (χ3v) is 2.49. The number of carbonyl (C=O) groups excluding carboxylic acids is 1. The fourth-order valence-corrected chi connectivity index (χ4v) is 1.87. The monoisotopic (exact) mass is 172 g/mol. The third kappa shape index (κ3) is 0.710. The second-order valence-corrected chi connectivity index (χ2v) is 3.18. The number of hydrogen-bond donors (Lipinski definition) is 1. The van der Waals surface area contributed by atoms with Crippen LogP contribution in [0.3, 0.4) is 0 Å². The fourth-order valence-electron chi connectivity index (χ4n) is 1.87. The SMILES string of the molecule is O=C1c2ccccc2C2NC=CN12. The summed E-state index contributed by atoms with van der Waals surface area (Å²) in [6, 6.07) is 7.70. The first-order valence-electron chi connectivity index (χ1n) is 4.22. The van der Waals surface area contributed by atoms with Gasteiger partial charge in [-0.3, -0.25) is 9.69 Å². The zero-order valence-corrected chi connectivity index (χ0v) is 6.90. The zero-order valence-electron chi connectivity index (χ0n) is 6.90. The van der Waals surface area contributed by atoms with Gasteiger partial charge in [0.2, 0.25) is 0 Å². The average molecular weight is 172 g/mol. The van der Waals surface area contributed by atoms with Gasteiger partial charge in [-0.25, -0.2) is 0 Å². The van der Waals surface area contributed by atoms with Gasteiger partial charge in [-0.15, -0.1) is 0 Å². The van der Waals surface area contributed by atoms with Gasteiger partial charge >= 0.3 is 0 Å². The van der Waals surface area contributed by atoms with Gasteiger partial charge in [0.05, 0.1) is 0 Å². The molecule has 0 saturated heterocycles. The van der Waals surface area contributed by atoms with Crippen molar-refractivity contribution < 1.29 is 4.79 Å². The molecule has 2 aliphatic rings. The van der Waals surface area contributed by atoms with Crippen molar-refractivity contribution in [2.75, 3.05) is 0 Å². The van der Waals surface area contributed by atoms with Crippen LogP contribution in [0.15, 0.2) is 36.7 Å². The molecule has 3 heteroatoms. The van der Waals surface area contributed by atoms with Gasteiger partial charge in [-0.05, 0) is 6.07 Å². The highest BCUT2D eigenvalue weighted by atomic mass is 16.2. The minimum absolute atomic E-state index is 0.0312. The second kappa shape index (κ2) is 2.13. The Bertz CT molecular complexity index is 411. The van der Waals surface area contributed by atoms with Crippen molar-refractivity contribution in [1.82, 2.24) is 10.2 Å². The minimum atomic E-state index is 0.0312. The highest BCUT2D eigenvalue weighted by molar-refractivity contribution is 6.00. The van der Waals surface area contributed by atoms with Crippen LogP contribution in [0.5, 0.6) is 0 Å². The molecule has 1 unspecified atom stereocenters. The molecule has 1 atom stereocenters. The third-order valence-electron chi connectivity index (χ3n) is 2.49. The summed E-state index contributed by atoms with van der Waals surface area (Å²) < 4.78 is 0. The maximum Gasteiger partial charge on any atom is 0.260 e. The van der Waals surface area contributed by atoms with Crippen LogP contribution in [0.4, 0.5) is 0 Å². The molecule has 13 heavy (non-hydrogen) atoms. The van der Waals surface area contributed by atoms with Crippen molar-refractivity contribution in [3.05, 3.63) is 47.8 Å². The van der Waals surface area contributed by atoms with E-state index in [4.69, 9.17) is 0 Å². The second-order valence-electron chi connectivity index (χ2n) is 3.18. The summed E-state index contributed by atoms with van der Waals surface area (Å²) in [6.45, 7) is 0. The van der Waals surface area contributed by atoms with E-state index in [9.17, 15) is 4.79 Å². The quantitative estimate of drug-likeness (QED) is 0.638. The number of nitrogens with one attached hydrogen (secondary N) is 1. The molecule has 0 fully saturated rings. The zero-order chi connectivity index (χ0) is 8.84. The molecule has 64 valence electrons. The van der Waals surface area contributed by atoms with E-state index < -0.39 is 0 Å². The summed E-state index contributed by atoms with van der Waals surface area (Å²) in [6.07, 6.45) is 3.62. The Labute approximate surface area is 75.7 Å². The molecule has 1 aromatic carbocycles. The Kier molecular flexibility index (Phi) is 1.10. The van der Waals surface area contributed by atoms with Crippen molar-refractivity contribution in [3.8, 4) is 0 Å². The average Bonchev–Trinajstić information content (AvgIpc) is 2.72. The van der Waals surface area contributed by atoms with E-state index in [0.29, 0.717) is 0 Å². The van der Waals surface area contributed by atoms with Crippen molar-refractivity contribution in [1.29, 1.82) is 0 Å². The lowest BCUT2D eigenvalue weighted by molar-refractivity contribution is 0.0813. The lowest BCUT2D eigenvalue weighted by Gasteiger charge is -2.13. The summed E-state index contributed by atoms with van der Waals surface area (Å²) in [5.41, 5.74) is 1.88. The Hall–Kier alpha value is -1.77. The van der Waals surface area contributed by atoms with E-state index in [-0.39, 0.29) is 12.1 Å². The van der Waals surface area contributed by atoms with Crippen LogP contribution in [-0.4, -0.2) is 10.8 Å². The molecule has 0 aromatic heterocycles. The number of carbonyl (C=O) groups is 1.